The molecule has 1 fully saturated rings. The van der Waals surface area contributed by atoms with E-state index in [1.54, 1.807) is 0 Å². The van der Waals surface area contributed by atoms with Crippen LogP contribution < -0.4 is 5.32 Å². The van der Waals surface area contributed by atoms with Gasteiger partial charge in [0.25, 0.3) is 0 Å². The lowest BCUT2D eigenvalue weighted by atomic mass is 9.96. The Morgan fingerprint density at radius 3 is 2.17 bits per heavy atom. The Balaban J connectivity index is 1.66. The number of nitrogens with zero attached hydrogens (tertiary/aromatic N) is 3. The third-order valence-corrected chi connectivity index (χ3v) is 5.19. The molecule has 2 rings (SSSR count). The van der Waals surface area contributed by atoms with Crippen LogP contribution >= 0.6 is 0 Å². The van der Waals surface area contributed by atoms with Crippen LogP contribution in [0.3, 0.4) is 0 Å². The molecule has 29 heavy (non-hydrogen) atoms. The first-order valence-corrected chi connectivity index (χ1v) is 10.8. The number of nitrogens with one attached hydrogen (secondary N) is 1. The van der Waals surface area contributed by atoms with Crippen LogP contribution in [0.2, 0.25) is 0 Å². The molecule has 1 heterocycles. The van der Waals surface area contributed by atoms with Gasteiger partial charge >= 0.3 is 0 Å². The number of amides is 1. The average molecular weight is 407 g/mol. The van der Waals surface area contributed by atoms with Crippen LogP contribution in [0.5, 0.6) is 0 Å². The Labute approximate surface area is 176 Å². The van der Waals surface area contributed by atoms with Crippen LogP contribution in [0, 0.1) is 11.3 Å². The van der Waals surface area contributed by atoms with Crippen LogP contribution in [-0.4, -0.2) is 66.6 Å². The van der Waals surface area contributed by atoms with Gasteiger partial charge in [-0.05, 0) is 16.5 Å². The van der Waals surface area contributed by atoms with Crippen molar-refractivity contribution in [2.24, 2.45) is 11.3 Å². The summed E-state index contributed by atoms with van der Waals surface area (Å²) in [6, 6.07) is 7.79. The summed E-state index contributed by atoms with van der Waals surface area (Å²) < 4.78 is 14.3. The van der Waals surface area contributed by atoms with E-state index in [1.165, 1.54) is 0 Å². The van der Waals surface area contributed by atoms with Gasteiger partial charge in [-0.2, -0.15) is 0 Å². The average Bonchev–Trinajstić information content (AvgIpc) is 2.65. The van der Waals surface area contributed by atoms with Gasteiger partial charge in [-0.1, -0.05) is 58.9 Å². The fraction of sp³-hybridized carbons (Fsp3) is 0.696. The summed E-state index contributed by atoms with van der Waals surface area (Å²) in [4.78, 5) is 16.5. The molecule has 1 aliphatic heterocycles. The van der Waals surface area contributed by atoms with Crippen LogP contribution in [-0.2, 0) is 17.9 Å². The van der Waals surface area contributed by atoms with Crippen molar-refractivity contribution >= 4 is 5.91 Å². The van der Waals surface area contributed by atoms with Crippen molar-refractivity contribution in [2.75, 3.05) is 45.8 Å². The quantitative estimate of drug-likeness (QED) is 0.639. The lowest BCUT2D eigenvalue weighted by Gasteiger charge is -2.38. The van der Waals surface area contributed by atoms with Crippen LogP contribution in [0.15, 0.2) is 24.3 Å². The first kappa shape index (κ1) is 23.8. The number of hydrogen-bond acceptors (Lipinski definition) is 4. The second-order valence-electron chi connectivity index (χ2n) is 9.71. The van der Waals surface area contributed by atoms with E-state index < -0.39 is 0 Å². The molecule has 0 aromatic heterocycles. The molecule has 1 amide bonds. The topological polar surface area (TPSA) is 38.8 Å². The Morgan fingerprint density at radius 1 is 1.07 bits per heavy atom. The number of benzene rings is 1. The summed E-state index contributed by atoms with van der Waals surface area (Å²) in [5.74, 6) is 0.0269. The zero-order valence-corrected chi connectivity index (χ0v) is 18.9. The van der Waals surface area contributed by atoms with Gasteiger partial charge < -0.3 is 10.2 Å². The van der Waals surface area contributed by atoms with Crippen molar-refractivity contribution in [3.8, 4) is 0 Å². The Kier molecular flexibility index (Phi) is 9.05. The van der Waals surface area contributed by atoms with Gasteiger partial charge in [-0.15, -0.1) is 9.60 Å². The van der Waals surface area contributed by atoms with E-state index in [2.05, 4.69) is 35.9 Å². The fourth-order valence-corrected chi connectivity index (χ4v) is 3.52. The highest BCUT2D eigenvalue weighted by atomic mass is 19.2. The van der Waals surface area contributed by atoms with E-state index in [0.29, 0.717) is 25.0 Å². The fourth-order valence-electron chi connectivity index (χ4n) is 3.52. The molecule has 1 aromatic carbocycles. The normalized spacial score (nSPS) is 16.6. The summed E-state index contributed by atoms with van der Waals surface area (Å²) in [6.07, 6.45) is 0. The lowest BCUT2D eigenvalue weighted by molar-refractivity contribution is -0.124. The van der Waals surface area contributed by atoms with E-state index in [1.807, 2.05) is 38.1 Å². The number of halogens is 1. The number of carbonyl (C=O) groups excluding carboxylic acids is 1. The van der Waals surface area contributed by atoms with Crippen molar-refractivity contribution in [1.82, 2.24) is 20.2 Å². The van der Waals surface area contributed by atoms with Crippen LogP contribution in [0.4, 0.5) is 4.48 Å². The Hall–Kier alpha value is -1.50. The molecule has 0 unspecified atom stereocenters. The third-order valence-electron chi connectivity index (χ3n) is 5.19. The van der Waals surface area contributed by atoms with Crippen LogP contribution in [0.1, 0.15) is 45.7 Å². The summed E-state index contributed by atoms with van der Waals surface area (Å²) in [6.45, 7) is 17.8. The van der Waals surface area contributed by atoms with E-state index in [-0.39, 0.29) is 11.8 Å². The highest BCUT2D eigenvalue weighted by Gasteiger charge is 2.21. The molecule has 0 atom stereocenters. The van der Waals surface area contributed by atoms with Crippen molar-refractivity contribution < 1.29 is 9.28 Å². The van der Waals surface area contributed by atoms with Gasteiger partial charge in [-0.25, -0.2) is 0 Å². The monoisotopic (exact) mass is 406 g/mol. The number of hydrogen-bond donors (Lipinski definition) is 1. The van der Waals surface area contributed by atoms with Gasteiger partial charge in [0.1, 0.15) is 0 Å². The number of carbonyl (C=O) groups is 1. The smallest absolute Gasteiger partial charge is 0.222 e. The molecule has 1 aromatic rings. The summed E-state index contributed by atoms with van der Waals surface area (Å²) >= 11 is 0. The van der Waals surface area contributed by atoms with Crippen molar-refractivity contribution in [1.29, 1.82) is 0 Å². The molecule has 164 valence electrons. The van der Waals surface area contributed by atoms with Gasteiger partial charge in [0.05, 0.1) is 6.54 Å². The molecule has 0 spiro atoms. The molecule has 0 radical (unpaired) electrons. The minimum Gasteiger partial charge on any atom is -0.352 e. The van der Waals surface area contributed by atoms with Gasteiger partial charge in [0, 0.05) is 58.3 Å². The number of piperazine rings is 1. The van der Waals surface area contributed by atoms with Gasteiger partial charge in [0.2, 0.25) is 5.91 Å². The SMILES string of the molecule is CC(C)C(=O)NCc1ccc(CN(F)CCN2CCN(CC(C)(C)C)CC2)cc1. The standard InChI is InChI=1S/C23H39FN4O/c1-19(2)22(29)25-16-20-6-8-21(9-7-20)17-28(24)15-14-26-10-12-27(13-11-26)18-23(3,4)5/h6-9,19H,10-18H2,1-5H3,(H,25,29). The largest absolute Gasteiger partial charge is 0.352 e. The second-order valence-corrected chi connectivity index (χ2v) is 9.71. The van der Waals surface area contributed by atoms with Crippen molar-refractivity contribution in [3.05, 3.63) is 35.4 Å². The third kappa shape index (κ3) is 9.24. The van der Waals surface area contributed by atoms with Crippen molar-refractivity contribution in [3.63, 3.8) is 0 Å². The van der Waals surface area contributed by atoms with Crippen molar-refractivity contribution in [2.45, 2.75) is 47.7 Å². The Bertz CT molecular complexity index is 619. The van der Waals surface area contributed by atoms with E-state index in [9.17, 15) is 9.28 Å². The summed E-state index contributed by atoms with van der Waals surface area (Å²) in [5.41, 5.74) is 2.30. The lowest BCUT2D eigenvalue weighted by Crippen LogP contribution is -2.49. The maximum absolute atomic E-state index is 14.3. The molecule has 0 aliphatic carbocycles. The van der Waals surface area contributed by atoms with E-state index in [0.717, 1.165) is 55.5 Å². The Morgan fingerprint density at radius 2 is 1.62 bits per heavy atom. The first-order valence-electron chi connectivity index (χ1n) is 10.8. The minimum atomic E-state index is -0.0177. The predicted octanol–water partition coefficient (Wildman–Crippen LogP) is 3.31. The highest BCUT2D eigenvalue weighted by Crippen LogP contribution is 2.16. The zero-order valence-electron chi connectivity index (χ0n) is 18.9. The summed E-state index contributed by atoms with van der Waals surface area (Å²) in [7, 11) is 0. The molecule has 6 heteroatoms. The first-order chi connectivity index (χ1) is 13.6. The van der Waals surface area contributed by atoms with E-state index >= 15 is 0 Å². The molecule has 0 bridgehead atoms. The van der Waals surface area contributed by atoms with Crippen LogP contribution in [0.25, 0.3) is 0 Å². The molecular weight excluding hydrogens is 367 g/mol. The molecule has 1 N–H and O–H groups in total. The molecule has 1 saturated heterocycles. The van der Waals surface area contributed by atoms with Gasteiger partial charge in [-0.3, -0.25) is 9.69 Å². The molecular formula is C23H39FN4O. The highest BCUT2D eigenvalue weighted by molar-refractivity contribution is 5.77. The second kappa shape index (κ2) is 11.0. The summed E-state index contributed by atoms with van der Waals surface area (Å²) in [5, 5.41) is 3.80. The molecule has 0 saturated carbocycles. The maximum atomic E-state index is 14.3. The van der Waals surface area contributed by atoms with E-state index in [4.69, 9.17) is 0 Å². The zero-order chi connectivity index (χ0) is 21.4. The predicted molar refractivity (Wildman–Crippen MR) is 117 cm³/mol. The minimum absolute atomic E-state index is 0.0177. The maximum Gasteiger partial charge on any atom is 0.222 e. The van der Waals surface area contributed by atoms with Gasteiger partial charge in [0.15, 0.2) is 0 Å². The number of rotatable bonds is 9. The molecule has 1 aliphatic rings. The molecule has 5 nitrogen and oxygen atoms in total.